The summed E-state index contributed by atoms with van der Waals surface area (Å²) in [7, 11) is 0. The normalized spacial score (nSPS) is 12.5. The summed E-state index contributed by atoms with van der Waals surface area (Å²) in [6, 6.07) is 0. The van der Waals surface area contributed by atoms with Crippen LogP contribution >= 0.6 is 0 Å². The van der Waals surface area contributed by atoms with E-state index >= 15 is 0 Å². The lowest BCUT2D eigenvalue weighted by Crippen LogP contribution is -2.30. The predicted octanol–water partition coefficient (Wildman–Crippen LogP) is 19.6. The maximum atomic E-state index is 12.9. The van der Waals surface area contributed by atoms with Crippen LogP contribution in [0.2, 0.25) is 0 Å². The maximum absolute atomic E-state index is 12.9. The summed E-state index contributed by atoms with van der Waals surface area (Å²) in [5, 5.41) is 0. The zero-order valence-corrected chi connectivity index (χ0v) is 45.1. The number of esters is 3. The molecule has 0 radical (unpaired) electrons. The molecule has 6 heteroatoms. The molecule has 0 amide bonds. The molecule has 0 spiro atoms. The minimum absolute atomic E-state index is 0.0762. The van der Waals surface area contributed by atoms with E-state index in [-0.39, 0.29) is 31.1 Å². The number of unbranched alkanes of at least 4 members (excludes halogenated alkanes) is 32. The van der Waals surface area contributed by atoms with Crippen molar-refractivity contribution in [3.8, 4) is 0 Å². The summed E-state index contributed by atoms with van der Waals surface area (Å²) in [6.07, 6.45) is 70.6. The summed E-state index contributed by atoms with van der Waals surface area (Å²) < 4.78 is 16.9. The predicted molar refractivity (Wildman–Crippen MR) is 293 cm³/mol. The van der Waals surface area contributed by atoms with Gasteiger partial charge in [-0.3, -0.25) is 14.4 Å². The third-order valence-electron chi connectivity index (χ3n) is 12.8. The van der Waals surface area contributed by atoms with Crippen molar-refractivity contribution in [1.29, 1.82) is 0 Å². The molecular formula is C62H110O6. The van der Waals surface area contributed by atoms with Crippen LogP contribution in [-0.2, 0) is 28.6 Å². The van der Waals surface area contributed by atoms with Gasteiger partial charge in [0.25, 0.3) is 0 Å². The second-order valence-corrected chi connectivity index (χ2v) is 19.5. The Morgan fingerprint density at radius 3 is 0.897 bits per heavy atom. The molecule has 0 bridgehead atoms. The van der Waals surface area contributed by atoms with Gasteiger partial charge in [0, 0.05) is 19.3 Å². The van der Waals surface area contributed by atoms with Crippen molar-refractivity contribution in [1.82, 2.24) is 0 Å². The Morgan fingerprint density at radius 2 is 0.574 bits per heavy atom. The highest BCUT2D eigenvalue weighted by molar-refractivity contribution is 5.71. The van der Waals surface area contributed by atoms with E-state index in [0.717, 1.165) is 109 Å². The number of carbonyl (C=O) groups excluding carboxylic acids is 3. The Labute approximate surface area is 421 Å². The number of rotatable bonds is 53. The van der Waals surface area contributed by atoms with Crippen molar-refractivity contribution >= 4 is 17.9 Å². The van der Waals surface area contributed by atoms with Crippen LogP contribution in [0.1, 0.15) is 297 Å². The van der Waals surface area contributed by atoms with Crippen LogP contribution in [0.3, 0.4) is 0 Å². The molecule has 0 aliphatic carbocycles. The highest BCUT2D eigenvalue weighted by atomic mass is 16.6. The quantitative estimate of drug-likeness (QED) is 0.0262. The second-order valence-electron chi connectivity index (χ2n) is 19.5. The first-order valence-electron chi connectivity index (χ1n) is 29.3. The van der Waals surface area contributed by atoms with Gasteiger partial charge in [0.1, 0.15) is 13.2 Å². The highest BCUT2D eigenvalue weighted by Gasteiger charge is 2.19. The van der Waals surface area contributed by atoms with Gasteiger partial charge < -0.3 is 14.2 Å². The van der Waals surface area contributed by atoms with Crippen molar-refractivity contribution in [2.75, 3.05) is 13.2 Å². The Kier molecular flexibility index (Phi) is 54.3. The lowest BCUT2D eigenvalue weighted by Gasteiger charge is -2.18. The van der Waals surface area contributed by atoms with Gasteiger partial charge in [0.05, 0.1) is 0 Å². The standard InChI is InChI=1S/C62H110O6/c1-4-7-10-13-16-19-22-25-28-29-30-31-32-33-35-37-40-43-46-49-52-55-61(64)67-58-59(57-66-60(63)54-51-48-45-42-39-36-27-24-21-18-15-12-9-6-3)68-62(65)56-53-50-47-44-41-38-34-26-23-20-17-14-11-8-5-2/h7,10,16,19,25,28,30-31,33,35,59H,4-6,8-9,11-15,17-18,20-24,26-27,29,32,34,36-58H2,1-3H3/b10-7-,19-16-,28-25-,31-30-,35-33-. The van der Waals surface area contributed by atoms with Crippen LogP contribution in [0, 0.1) is 0 Å². The van der Waals surface area contributed by atoms with Crippen LogP contribution in [0.15, 0.2) is 60.8 Å². The average Bonchev–Trinajstić information content (AvgIpc) is 3.34. The van der Waals surface area contributed by atoms with Crippen LogP contribution in [-0.4, -0.2) is 37.2 Å². The summed E-state index contributed by atoms with van der Waals surface area (Å²) in [5.41, 5.74) is 0. The molecule has 0 aromatic rings. The molecule has 0 aromatic carbocycles. The van der Waals surface area contributed by atoms with E-state index in [0.29, 0.717) is 19.3 Å². The van der Waals surface area contributed by atoms with Crippen LogP contribution < -0.4 is 0 Å². The zero-order valence-electron chi connectivity index (χ0n) is 45.1. The SMILES string of the molecule is CC/C=C\C/C=C\C/C=C\C/C=C\C/C=C\CCCCCCCC(=O)OCC(COC(=O)CCCCCCCCCCCCCCCC)OC(=O)CCCCCCCCCCCCCCCCC. The maximum Gasteiger partial charge on any atom is 0.306 e. The van der Waals surface area contributed by atoms with Gasteiger partial charge in [0.2, 0.25) is 0 Å². The van der Waals surface area contributed by atoms with E-state index < -0.39 is 6.10 Å². The first-order chi connectivity index (χ1) is 33.5. The molecule has 1 atom stereocenters. The highest BCUT2D eigenvalue weighted by Crippen LogP contribution is 2.16. The molecule has 0 heterocycles. The first kappa shape index (κ1) is 65.1. The van der Waals surface area contributed by atoms with E-state index in [1.54, 1.807) is 0 Å². The molecule has 0 saturated heterocycles. The number of ether oxygens (including phenoxy) is 3. The molecule has 0 saturated carbocycles. The van der Waals surface area contributed by atoms with E-state index in [9.17, 15) is 14.4 Å². The summed E-state index contributed by atoms with van der Waals surface area (Å²) in [4.78, 5) is 38.2. The third kappa shape index (κ3) is 54.1. The minimum Gasteiger partial charge on any atom is -0.462 e. The molecule has 0 aromatic heterocycles. The average molecular weight is 952 g/mol. The van der Waals surface area contributed by atoms with E-state index in [2.05, 4.69) is 81.5 Å². The van der Waals surface area contributed by atoms with E-state index in [1.165, 1.54) is 148 Å². The van der Waals surface area contributed by atoms with Gasteiger partial charge in [-0.1, -0.05) is 274 Å². The molecule has 0 rings (SSSR count). The van der Waals surface area contributed by atoms with Crippen LogP contribution in [0.5, 0.6) is 0 Å². The first-order valence-corrected chi connectivity index (χ1v) is 29.3. The van der Waals surface area contributed by atoms with Gasteiger partial charge in [-0.25, -0.2) is 0 Å². The van der Waals surface area contributed by atoms with Crippen LogP contribution in [0.4, 0.5) is 0 Å². The zero-order chi connectivity index (χ0) is 49.3. The third-order valence-corrected chi connectivity index (χ3v) is 12.8. The van der Waals surface area contributed by atoms with Crippen molar-refractivity contribution in [3.63, 3.8) is 0 Å². The molecule has 6 nitrogen and oxygen atoms in total. The lowest BCUT2D eigenvalue weighted by molar-refractivity contribution is -0.167. The monoisotopic (exact) mass is 951 g/mol. The number of carbonyl (C=O) groups is 3. The number of hydrogen-bond donors (Lipinski definition) is 0. The topological polar surface area (TPSA) is 78.9 Å². The van der Waals surface area contributed by atoms with Gasteiger partial charge in [0.15, 0.2) is 6.10 Å². The van der Waals surface area contributed by atoms with Gasteiger partial charge >= 0.3 is 17.9 Å². The largest absolute Gasteiger partial charge is 0.462 e. The van der Waals surface area contributed by atoms with Gasteiger partial charge in [-0.05, 0) is 64.2 Å². The number of allylic oxidation sites excluding steroid dienone is 10. The molecule has 0 fully saturated rings. The molecule has 394 valence electrons. The number of hydrogen-bond acceptors (Lipinski definition) is 6. The molecule has 0 aliphatic heterocycles. The summed E-state index contributed by atoms with van der Waals surface area (Å²) in [5.74, 6) is -0.880. The Morgan fingerprint density at radius 1 is 0.309 bits per heavy atom. The fourth-order valence-electron chi connectivity index (χ4n) is 8.41. The van der Waals surface area contributed by atoms with Gasteiger partial charge in [-0.2, -0.15) is 0 Å². The molecular weight excluding hydrogens is 841 g/mol. The smallest absolute Gasteiger partial charge is 0.306 e. The van der Waals surface area contributed by atoms with E-state index in [1.807, 2.05) is 0 Å². The van der Waals surface area contributed by atoms with Crippen molar-refractivity contribution in [2.45, 2.75) is 303 Å². The molecule has 1 unspecified atom stereocenters. The van der Waals surface area contributed by atoms with E-state index in [4.69, 9.17) is 14.2 Å². The second kappa shape index (κ2) is 56.7. The Bertz CT molecular complexity index is 1230. The van der Waals surface area contributed by atoms with Crippen molar-refractivity contribution in [3.05, 3.63) is 60.8 Å². The van der Waals surface area contributed by atoms with Crippen LogP contribution in [0.25, 0.3) is 0 Å². The molecule has 0 N–H and O–H groups in total. The minimum atomic E-state index is -0.779. The fraction of sp³-hybridized carbons (Fsp3) is 0.790. The lowest BCUT2D eigenvalue weighted by atomic mass is 10.0. The van der Waals surface area contributed by atoms with Gasteiger partial charge in [-0.15, -0.1) is 0 Å². The van der Waals surface area contributed by atoms with Crippen molar-refractivity contribution < 1.29 is 28.6 Å². The Hall–Kier alpha value is -2.89. The molecule has 0 aliphatic rings. The summed E-state index contributed by atoms with van der Waals surface area (Å²) in [6.45, 7) is 6.55. The van der Waals surface area contributed by atoms with Crippen molar-refractivity contribution in [2.24, 2.45) is 0 Å². The molecule has 68 heavy (non-hydrogen) atoms. The summed E-state index contributed by atoms with van der Waals surface area (Å²) >= 11 is 0. The Balaban J connectivity index is 4.37. The fourth-order valence-corrected chi connectivity index (χ4v) is 8.41.